The number of nitrogens with one attached hydrogen (secondary N) is 1. The van der Waals surface area contributed by atoms with Gasteiger partial charge in [-0.15, -0.1) is 0 Å². The van der Waals surface area contributed by atoms with E-state index in [0.29, 0.717) is 0 Å². The predicted molar refractivity (Wildman–Crippen MR) is 42.0 cm³/mol. The summed E-state index contributed by atoms with van der Waals surface area (Å²) in [5.74, 6) is 0.942. The Morgan fingerprint density at radius 3 is 2.44 bits per heavy atom. The number of hydrogen-bond donors (Lipinski definition) is 2. The molecule has 1 atom stereocenters. The van der Waals surface area contributed by atoms with Crippen molar-refractivity contribution >= 4 is 18.4 Å². The van der Waals surface area contributed by atoms with Gasteiger partial charge in [0.05, 0.1) is 6.04 Å². The number of carbonyl (C=O) groups excluding carboxylic acids is 1. The van der Waals surface area contributed by atoms with Crippen LogP contribution in [0.1, 0.15) is 13.3 Å². The van der Waals surface area contributed by atoms with Crippen molar-refractivity contribution in [1.82, 2.24) is 5.32 Å². The van der Waals surface area contributed by atoms with E-state index < -0.39 is 0 Å². The second kappa shape index (κ2) is 4.82. The molecule has 3 heteroatoms. The number of carbonyl (C=O) groups is 1. The summed E-state index contributed by atoms with van der Waals surface area (Å²) in [6.45, 7) is 1.59. The van der Waals surface area contributed by atoms with Gasteiger partial charge in [-0.1, -0.05) is 0 Å². The van der Waals surface area contributed by atoms with E-state index in [1.54, 1.807) is 14.0 Å². The highest BCUT2D eigenvalue weighted by Crippen LogP contribution is 1.93. The smallest absolute Gasteiger partial charge is 0.146 e. The van der Waals surface area contributed by atoms with E-state index in [-0.39, 0.29) is 11.8 Å². The molecule has 0 unspecified atom stereocenters. The minimum absolute atomic E-state index is 0.00231. The third-order valence-electron chi connectivity index (χ3n) is 1.26. The molecule has 0 rings (SSSR count). The lowest BCUT2D eigenvalue weighted by Gasteiger charge is -2.09. The molecule has 0 aliphatic rings. The number of ketones is 1. The van der Waals surface area contributed by atoms with Gasteiger partial charge in [-0.2, -0.15) is 12.6 Å². The van der Waals surface area contributed by atoms with Crippen molar-refractivity contribution < 1.29 is 4.79 Å². The van der Waals surface area contributed by atoms with Gasteiger partial charge in [-0.05, 0) is 26.1 Å². The third-order valence-corrected chi connectivity index (χ3v) is 1.52. The molecule has 0 aromatic carbocycles. The quantitative estimate of drug-likeness (QED) is 0.566. The van der Waals surface area contributed by atoms with E-state index in [2.05, 4.69) is 17.9 Å². The lowest BCUT2D eigenvalue weighted by Crippen LogP contribution is -2.32. The van der Waals surface area contributed by atoms with Gasteiger partial charge < -0.3 is 5.32 Å². The number of Topliss-reactive ketones (excluding diaryl/α,β-unsaturated/α-hetero) is 1. The van der Waals surface area contributed by atoms with Crippen molar-refractivity contribution in [2.75, 3.05) is 12.8 Å². The Hall–Kier alpha value is -0.0200. The van der Waals surface area contributed by atoms with Crippen LogP contribution in [0.5, 0.6) is 0 Å². The predicted octanol–water partition coefficient (Wildman–Crippen LogP) is 0.483. The molecule has 0 spiro atoms. The van der Waals surface area contributed by atoms with Crippen LogP contribution in [-0.4, -0.2) is 24.6 Å². The number of likely N-dealkylation sites (N-methyl/N-ethyl adjacent to an activating group) is 1. The van der Waals surface area contributed by atoms with Gasteiger partial charge in [0.15, 0.2) is 0 Å². The van der Waals surface area contributed by atoms with Crippen LogP contribution in [0, 0.1) is 0 Å². The van der Waals surface area contributed by atoms with Crippen LogP contribution < -0.4 is 5.32 Å². The Kier molecular flexibility index (Phi) is 4.81. The monoisotopic (exact) mass is 147 g/mol. The van der Waals surface area contributed by atoms with Gasteiger partial charge in [-0.25, -0.2) is 0 Å². The summed E-state index contributed by atoms with van der Waals surface area (Å²) < 4.78 is 0. The maximum absolute atomic E-state index is 10.7. The molecule has 0 fully saturated rings. The molecule has 0 bridgehead atoms. The minimum Gasteiger partial charge on any atom is -0.311 e. The first kappa shape index (κ1) is 8.98. The van der Waals surface area contributed by atoms with Gasteiger partial charge in [0, 0.05) is 0 Å². The Bertz CT molecular complexity index is 95.1. The van der Waals surface area contributed by atoms with Crippen LogP contribution in [0.3, 0.4) is 0 Å². The highest BCUT2D eigenvalue weighted by molar-refractivity contribution is 7.80. The van der Waals surface area contributed by atoms with E-state index in [4.69, 9.17) is 0 Å². The number of hydrogen-bond acceptors (Lipinski definition) is 3. The summed E-state index contributed by atoms with van der Waals surface area (Å²) in [6.07, 6.45) is 0.814. The highest BCUT2D eigenvalue weighted by atomic mass is 32.1. The fourth-order valence-electron chi connectivity index (χ4n) is 0.680. The molecular formula is C6H13NOS. The van der Waals surface area contributed by atoms with Crippen LogP contribution in [0.2, 0.25) is 0 Å². The summed E-state index contributed by atoms with van der Waals surface area (Å²) in [4.78, 5) is 10.7. The van der Waals surface area contributed by atoms with Gasteiger partial charge >= 0.3 is 0 Å². The molecule has 0 radical (unpaired) electrons. The van der Waals surface area contributed by atoms with Crippen LogP contribution >= 0.6 is 12.6 Å². The highest BCUT2D eigenvalue weighted by Gasteiger charge is 2.08. The molecule has 0 amide bonds. The second-order valence-electron chi connectivity index (χ2n) is 1.96. The Morgan fingerprint density at radius 2 is 2.33 bits per heavy atom. The van der Waals surface area contributed by atoms with E-state index in [1.807, 2.05) is 0 Å². The molecule has 2 nitrogen and oxygen atoms in total. The second-order valence-corrected chi connectivity index (χ2v) is 2.41. The van der Waals surface area contributed by atoms with E-state index >= 15 is 0 Å². The Balaban J connectivity index is 3.54. The molecule has 0 saturated heterocycles. The van der Waals surface area contributed by atoms with Crippen molar-refractivity contribution in [2.24, 2.45) is 0 Å². The van der Waals surface area contributed by atoms with Crippen molar-refractivity contribution in [2.45, 2.75) is 19.4 Å². The van der Waals surface area contributed by atoms with Gasteiger partial charge in [-0.3, -0.25) is 4.79 Å². The largest absolute Gasteiger partial charge is 0.311 e. The average Bonchev–Trinajstić information content (AvgIpc) is 1.82. The van der Waals surface area contributed by atoms with Gasteiger partial charge in [0.25, 0.3) is 0 Å². The molecule has 1 N–H and O–H groups in total. The fraction of sp³-hybridized carbons (Fsp3) is 0.833. The maximum atomic E-state index is 10.7. The molecule has 0 saturated carbocycles. The van der Waals surface area contributed by atoms with E-state index in [9.17, 15) is 4.79 Å². The van der Waals surface area contributed by atoms with Crippen LogP contribution in [0.4, 0.5) is 0 Å². The van der Waals surface area contributed by atoms with Crippen molar-refractivity contribution in [3.63, 3.8) is 0 Å². The van der Waals surface area contributed by atoms with Crippen LogP contribution in [0.15, 0.2) is 0 Å². The fourth-order valence-corrected chi connectivity index (χ4v) is 0.938. The van der Waals surface area contributed by atoms with E-state index in [1.165, 1.54) is 0 Å². The summed E-state index contributed by atoms with van der Waals surface area (Å²) >= 11 is 4.02. The normalized spacial score (nSPS) is 13.2. The zero-order valence-corrected chi connectivity index (χ0v) is 6.74. The lowest BCUT2D eigenvalue weighted by molar-refractivity contribution is -0.118. The van der Waals surface area contributed by atoms with Crippen LogP contribution in [0.25, 0.3) is 0 Å². The first-order valence-corrected chi connectivity index (χ1v) is 3.64. The zero-order chi connectivity index (χ0) is 7.28. The lowest BCUT2D eigenvalue weighted by atomic mass is 10.1. The summed E-state index contributed by atoms with van der Waals surface area (Å²) in [7, 11) is 1.79. The van der Waals surface area contributed by atoms with E-state index in [0.717, 1.165) is 12.2 Å². The third kappa shape index (κ3) is 3.54. The standard InChI is InChI=1S/C6H13NOS/c1-5(8)6(7-2)3-4-9/h6-7,9H,3-4H2,1-2H3/t6-/m1/s1. The Morgan fingerprint density at radius 1 is 1.78 bits per heavy atom. The molecule has 0 aromatic rings. The summed E-state index contributed by atoms with van der Waals surface area (Å²) in [6, 6.07) is 0.00231. The molecule has 0 heterocycles. The van der Waals surface area contributed by atoms with Crippen molar-refractivity contribution in [3.8, 4) is 0 Å². The molecule has 0 aliphatic carbocycles. The molecule has 0 aliphatic heterocycles. The SMILES string of the molecule is CN[C@H](CCS)C(C)=O. The molecular weight excluding hydrogens is 134 g/mol. The Labute approximate surface area is 61.4 Å². The number of rotatable bonds is 4. The van der Waals surface area contributed by atoms with Crippen LogP contribution in [-0.2, 0) is 4.79 Å². The molecule has 54 valence electrons. The minimum atomic E-state index is 0.00231. The maximum Gasteiger partial charge on any atom is 0.146 e. The molecule has 0 aromatic heterocycles. The topological polar surface area (TPSA) is 29.1 Å². The van der Waals surface area contributed by atoms with Gasteiger partial charge in [0.2, 0.25) is 0 Å². The number of thiol groups is 1. The van der Waals surface area contributed by atoms with Gasteiger partial charge in [0.1, 0.15) is 5.78 Å². The summed E-state index contributed by atoms with van der Waals surface area (Å²) in [5, 5.41) is 2.90. The zero-order valence-electron chi connectivity index (χ0n) is 5.85. The molecule has 9 heavy (non-hydrogen) atoms. The average molecular weight is 147 g/mol. The first-order chi connectivity index (χ1) is 4.22. The van der Waals surface area contributed by atoms with Crippen molar-refractivity contribution in [1.29, 1.82) is 0 Å². The summed E-state index contributed by atoms with van der Waals surface area (Å²) in [5.41, 5.74) is 0. The first-order valence-electron chi connectivity index (χ1n) is 3.01. The van der Waals surface area contributed by atoms with Crippen molar-refractivity contribution in [3.05, 3.63) is 0 Å².